The topological polar surface area (TPSA) is 30.0 Å². The van der Waals surface area contributed by atoms with Crippen molar-refractivity contribution in [1.82, 2.24) is 4.98 Å². The molecule has 1 rings (SSSR count). The van der Waals surface area contributed by atoms with E-state index in [9.17, 15) is 4.79 Å². The molecule has 0 aromatic carbocycles. The molecule has 0 N–H and O–H groups in total. The van der Waals surface area contributed by atoms with Crippen molar-refractivity contribution < 1.29 is 4.79 Å². The number of rotatable bonds is 4. The number of Topliss-reactive ketones (excluding diaryl/α,β-unsaturated/α-hetero) is 1. The summed E-state index contributed by atoms with van der Waals surface area (Å²) in [5.41, 5.74) is 0. The van der Waals surface area contributed by atoms with Gasteiger partial charge in [-0.05, 0) is 38.3 Å². The third-order valence-electron chi connectivity index (χ3n) is 1.39. The molecule has 2 nitrogen and oxygen atoms in total. The molecule has 1 heterocycles. The minimum absolute atomic E-state index is 0.106. The Balaban J connectivity index is 2.76. The van der Waals surface area contributed by atoms with Gasteiger partial charge in [0.25, 0.3) is 0 Å². The molecule has 0 aliphatic carbocycles. The fourth-order valence-electron chi connectivity index (χ4n) is 0.796. The van der Waals surface area contributed by atoms with Crippen LogP contribution in [0.15, 0.2) is 21.2 Å². The van der Waals surface area contributed by atoms with Crippen molar-refractivity contribution in [3.05, 3.63) is 26.1 Å². The van der Waals surface area contributed by atoms with E-state index in [2.05, 4.69) is 43.4 Å². The van der Waals surface area contributed by atoms with Crippen LogP contribution in [0.5, 0.6) is 0 Å². The molecule has 1 aromatic heterocycles. The second-order valence-electron chi connectivity index (χ2n) is 2.34. The van der Waals surface area contributed by atoms with E-state index >= 15 is 0 Å². The predicted octanol–water partition coefficient (Wildman–Crippen LogP) is 3.82. The van der Waals surface area contributed by atoms with Crippen LogP contribution in [-0.4, -0.2) is 10.8 Å². The summed E-state index contributed by atoms with van der Waals surface area (Å²) in [4.78, 5) is 16.2. The van der Waals surface area contributed by atoms with Crippen molar-refractivity contribution in [1.29, 1.82) is 0 Å². The average Bonchev–Trinajstić information content (AvgIpc) is 2.41. The fraction of sp³-hybridized carbons (Fsp3) is 0.250. The molecule has 0 saturated heterocycles. The molecule has 1 aromatic rings. The number of aromatic nitrogens is 1. The summed E-state index contributed by atoms with van der Waals surface area (Å²) in [6, 6.07) is 0. The maximum atomic E-state index is 11.5. The first-order chi connectivity index (χ1) is 6.15. The Morgan fingerprint density at radius 1 is 1.62 bits per heavy atom. The lowest BCUT2D eigenvalue weighted by Gasteiger charge is -1.93. The van der Waals surface area contributed by atoms with E-state index in [-0.39, 0.29) is 5.78 Å². The van der Waals surface area contributed by atoms with Crippen molar-refractivity contribution >= 4 is 49.0 Å². The summed E-state index contributed by atoms with van der Waals surface area (Å²) in [6.07, 6.45) is 2.94. The van der Waals surface area contributed by atoms with Crippen LogP contribution in [0.1, 0.15) is 22.5 Å². The lowest BCUT2D eigenvalue weighted by atomic mass is 10.2. The van der Waals surface area contributed by atoms with Gasteiger partial charge < -0.3 is 0 Å². The third kappa shape index (κ3) is 3.00. The van der Waals surface area contributed by atoms with Gasteiger partial charge in [0.2, 0.25) is 0 Å². The lowest BCUT2D eigenvalue weighted by Crippen LogP contribution is -1.95. The molecule has 0 spiro atoms. The van der Waals surface area contributed by atoms with Gasteiger partial charge in [0.1, 0.15) is 9.48 Å². The molecule has 0 fully saturated rings. The van der Waals surface area contributed by atoms with Crippen molar-refractivity contribution in [3.63, 3.8) is 0 Å². The minimum atomic E-state index is 0.106. The zero-order valence-corrected chi connectivity index (χ0v) is 10.7. The molecular formula is C8H7Br2NOS. The molecule has 0 atom stereocenters. The second kappa shape index (κ2) is 5.02. The highest BCUT2D eigenvalue weighted by atomic mass is 79.9. The van der Waals surface area contributed by atoms with Crippen molar-refractivity contribution in [3.8, 4) is 0 Å². The van der Waals surface area contributed by atoms with Crippen LogP contribution in [0, 0.1) is 0 Å². The van der Waals surface area contributed by atoms with E-state index in [1.807, 2.05) is 0 Å². The Kier molecular flexibility index (Phi) is 4.28. The summed E-state index contributed by atoms with van der Waals surface area (Å²) in [5, 5.41) is 0. The number of ketones is 1. The molecular weight excluding hydrogens is 318 g/mol. The van der Waals surface area contributed by atoms with Gasteiger partial charge in [0.05, 0.1) is 0 Å². The van der Waals surface area contributed by atoms with E-state index < -0.39 is 0 Å². The maximum Gasteiger partial charge on any atom is 0.175 e. The standard InChI is InChI=1S/C8H7Br2NOS/c1-2-3-4-5(12)6-7(9)11-8(10)13-6/h2H,1,3-4H2. The summed E-state index contributed by atoms with van der Waals surface area (Å²) in [6.45, 7) is 3.57. The summed E-state index contributed by atoms with van der Waals surface area (Å²) in [5.74, 6) is 0.106. The Morgan fingerprint density at radius 3 is 2.77 bits per heavy atom. The van der Waals surface area contributed by atoms with Crippen LogP contribution in [0.3, 0.4) is 0 Å². The fourth-order valence-corrected chi connectivity index (χ4v) is 3.11. The first-order valence-corrected chi connectivity index (χ1v) is 6.01. The summed E-state index contributed by atoms with van der Waals surface area (Å²) >= 11 is 7.80. The number of allylic oxidation sites excluding steroid dienone is 1. The molecule has 13 heavy (non-hydrogen) atoms. The molecule has 0 aliphatic rings. The minimum Gasteiger partial charge on any atom is -0.293 e. The van der Waals surface area contributed by atoms with Crippen LogP contribution >= 0.6 is 43.2 Å². The van der Waals surface area contributed by atoms with E-state index in [1.165, 1.54) is 11.3 Å². The van der Waals surface area contributed by atoms with Gasteiger partial charge in [-0.1, -0.05) is 6.08 Å². The van der Waals surface area contributed by atoms with Crippen LogP contribution in [-0.2, 0) is 0 Å². The molecule has 70 valence electrons. The zero-order valence-electron chi connectivity index (χ0n) is 6.72. The molecule has 0 amide bonds. The number of hydrogen-bond acceptors (Lipinski definition) is 3. The van der Waals surface area contributed by atoms with Gasteiger partial charge in [-0.15, -0.1) is 17.9 Å². The first-order valence-electron chi connectivity index (χ1n) is 3.61. The Labute approximate surface area is 97.3 Å². The second-order valence-corrected chi connectivity index (χ2v) is 5.36. The molecule has 5 heteroatoms. The van der Waals surface area contributed by atoms with E-state index in [4.69, 9.17) is 0 Å². The van der Waals surface area contributed by atoms with Gasteiger partial charge in [0, 0.05) is 6.42 Å². The van der Waals surface area contributed by atoms with Crippen LogP contribution in [0.25, 0.3) is 0 Å². The number of nitrogens with zero attached hydrogens (tertiary/aromatic N) is 1. The Morgan fingerprint density at radius 2 is 2.31 bits per heavy atom. The number of hydrogen-bond donors (Lipinski definition) is 0. The van der Waals surface area contributed by atoms with Crippen LogP contribution < -0.4 is 0 Å². The van der Waals surface area contributed by atoms with Crippen LogP contribution in [0.2, 0.25) is 0 Å². The van der Waals surface area contributed by atoms with Crippen LogP contribution in [0.4, 0.5) is 0 Å². The van der Waals surface area contributed by atoms with Crippen molar-refractivity contribution in [2.75, 3.05) is 0 Å². The molecule has 0 bridgehead atoms. The van der Waals surface area contributed by atoms with Gasteiger partial charge in [-0.25, -0.2) is 4.98 Å². The monoisotopic (exact) mass is 323 g/mol. The SMILES string of the molecule is C=CCCC(=O)c1sc(Br)nc1Br. The summed E-state index contributed by atoms with van der Waals surface area (Å²) in [7, 11) is 0. The Hall–Kier alpha value is -0.000000000000000167. The quantitative estimate of drug-likeness (QED) is 0.622. The summed E-state index contributed by atoms with van der Waals surface area (Å²) < 4.78 is 1.35. The zero-order chi connectivity index (χ0) is 9.84. The number of carbonyl (C=O) groups excluding carboxylic acids is 1. The molecule has 0 saturated carbocycles. The van der Waals surface area contributed by atoms with Gasteiger partial charge in [-0.2, -0.15) is 0 Å². The average molecular weight is 325 g/mol. The van der Waals surface area contributed by atoms with Gasteiger partial charge in [0.15, 0.2) is 9.70 Å². The molecule has 0 aliphatic heterocycles. The smallest absolute Gasteiger partial charge is 0.175 e. The molecule has 0 unspecified atom stereocenters. The van der Waals surface area contributed by atoms with Crippen molar-refractivity contribution in [2.24, 2.45) is 0 Å². The van der Waals surface area contributed by atoms with E-state index in [0.29, 0.717) is 22.3 Å². The Bertz CT molecular complexity index is 335. The third-order valence-corrected chi connectivity index (χ3v) is 3.77. The predicted molar refractivity (Wildman–Crippen MR) is 61.3 cm³/mol. The normalized spacial score (nSPS) is 10.0. The van der Waals surface area contributed by atoms with E-state index in [0.717, 1.165) is 3.92 Å². The van der Waals surface area contributed by atoms with E-state index in [1.54, 1.807) is 6.08 Å². The first kappa shape index (κ1) is 11.1. The number of thiazole rings is 1. The lowest BCUT2D eigenvalue weighted by molar-refractivity contribution is 0.0986. The number of halogens is 2. The molecule has 0 radical (unpaired) electrons. The largest absolute Gasteiger partial charge is 0.293 e. The highest BCUT2D eigenvalue weighted by Crippen LogP contribution is 2.28. The number of carbonyl (C=O) groups is 1. The van der Waals surface area contributed by atoms with Crippen molar-refractivity contribution in [2.45, 2.75) is 12.8 Å². The maximum absolute atomic E-state index is 11.5. The van der Waals surface area contributed by atoms with Gasteiger partial charge >= 0.3 is 0 Å². The van der Waals surface area contributed by atoms with Gasteiger partial charge in [-0.3, -0.25) is 4.79 Å². The highest BCUT2D eigenvalue weighted by molar-refractivity contribution is 9.11. The highest BCUT2D eigenvalue weighted by Gasteiger charge is 2.14.